The van der Waals surface area contributed by atoms with Crippen molar-refractivity contribution < 1.29 is 4.79 Å². The molecule has 0 aliphatic carbocycles. The van der Waals surface area contributed by atoms with Crippen LogP contribution in [0.5, 0.6) is 0 Å². The van der Waals surface area contributed by atoms with Gasteiger partial charge >= 0.3 is 0 Å². The zero-order valence-corrected chi connectivity index (χ0v) is 15.5. The summed E-state index contributed by atoms with van der Waals surface area (Å²) in [5, 5.41) is 4.26. The molecule has 5 nitrogen and oxygen atoms in total. The maximum atomic E-state index is 12.7. The highest BCUT2D eigenvalue weighted by Crippen LogP contribution is 2.23. The van der Waals surface area contributed by atoms with Crippen LogP contribution in [0.2, 0.25) is 0 Å². The van der Waals surface area contributed by atoms with Crippen molar-refractivity contribution in [2.45, 2.75) is 58.4 Å². The maximum absolute atomic E-state index is 12.7. The van der Waals surface area contributed by atoms with Gasteiger partial charge in [-0.25, -0.2) is 0 Å². The molecule has 1 aliphatic rings. The normalized spacial score (nSPS) is 17.2. The highest BCUT2D eigenvalue weighted by molar-refractivity contribution is 5.77. The standard InChI is InChI=1S/C20H28N4O/c1-15-13-17(10-11-21-15)6-8-19-5-4-12-24(19)20(25)9-7-18-14-22-23(3)16(18)2/h10-11,13-14,19H,4-9,12H2,1-3H3/t19-/m0/s1. The third-order valence-corrected chi connectivity index (χ3v) is 5.37. The van der Waals surface area contributed by atoms with Crippen LogP contribution in [0, 0.1) is 13.8 Å². The highest BCUT2D eigenvalue weighted by atomic mass is 16.2. The predicted molar refractivity (Wildman–Crippen MR) is 98.3 cm³/mol. The SMILES string of the molecule is Cc1cc(CC[C@@H]2CCCN2C(=O)CCc2cnn(C)c2C)ccn1. The van der Waals surface area contributed by atoms with Gasteiger partial charge in [0.25, 0.3) is 0 Å². The average molecular weight is 340 g/mol. The first-order valence-corrected chi connectivity index (χ1v) is 9.23. The molecule has 1 aliphatic heterocycles. The monoisotopic (exact) mass is 340 g/mol. The van der Waals surface area contributed by atoms with Gasteiger partial charge in [0.05, 0.1) is 6.20 Å². The number of nitrogens with zero attached hydrogens (tertiary/aromatic N) is 4. The van der Waals surface area contributed by atoms with E-state index in [4.69, 9.17) is 0 Å². The van der Waals surface area contributed by atoms with Crippen LogP contribution in [-0.2, 0) is 24.7 Å². The van der Waals surface area contributed by atoms with Gasteiger partial charge in [0, 0.05) is 43.6 Å². The molecule has 0 spiro atoms. The second-order valence-electron chi connectivity index (χ2n) is 7.11. The molecule has 1 amide bonds. The van der Waals surface area contributed by atoms with Gasteiger partial charge in [0.2, 0.25) is 5.91 Å². The van der Waals surface area contributed by atoms with Crippen LogP contribution in [0.1, 0.15) is 48.2 Å². The zero-order chi connectivity index (χ0) is 17.8. The molecule has 134 valence electrons. The number of likely N-dealkylation sites (tertiary alicyclic amines) is 1. The molecule has 0 aromatic carbocycles. The Kier molecular flexibility index (Phi) is 5.51. The molecule has 1 saturated heterocycles. The minimum Gasteiger partial charge on any atom is -0.340 e. The molecule has 0 radical (unpaired) electrons. The molecule has 2 aromatic heterocycles. The maximum Gasteiger partial charge on any atom is 0.223 e. The van der Waals surface area contributed by atoms with E-state index < -0.39 is 0 Å². The van der Waals surface area contributed by atoms with E-state index in [1.807, 2.05) is 31.0 Å². The van der Waals surface area contributed by atoms with E-state index in [0.717, 1.165) is 50.0 Å². The Labute approximate surface area is 150 Å². The van der Waals surface area contributed by atoms with E-state index in [9.17, 15) is 4.79 Å². The largest absolute Gasteiger partial charge is 0.340 e. The van der Waals surface area contributed by atoms with E-state index >= 15 is 0 Å². The summed E-state index contributed by atoms with van der Waals surface area (Å²) >= 11 is 0. The molecule has 1 atom stereocenters. The number of rotatable bonds is 6. The van der Waals surface area contributed by atoms with Crippen LogP contribution in [0.4, 0.5) is 0 Å². The second kappa shape index (κ2) is 7.81. The Morgan fingerprint density at radius 2 is 2.16 bits per heavy atom. The first kappa shape index (κ1) is 17.6. The van der Waals surface area contributed by atoms with Crippen molar-refractivity contribution in [3.05, 3.63) is 47.0 Å². The molecular formula is C20H28N4O. The molecule has 0 saturated carbocycles. The Balaban J connectivity index is 1.53. The highest BCUT2D eigenvalue weighted by Gasteiger charge is 2.28. The first-order valence-electron chi connectivity index (χ1n) is 9.23. The van der Waals surface area contributed by atoms with Crippen molar-refractivity contribution in [3.8, 4) is 0 Å². The molecule has 1 fully saturated rings. The van der Waals surface area contributed by atoms with Crippen molar-refractivity contribution >= 4 is 5.91 Å². The molecule has 0 N–H and O–H groups in total. The lowest BCUT2D eigenvalue weighted by Gasteiger charge is -2.25. The lowest BCUT2D eigenvalue weighted by Crippen LogP contribution is -2.36. The van der Waals surface area contributed by atoms with Crippen molar-refractivity contribution in [1.29, 1.82) is 0 Å². The second-order valence-corrected chi connectivity index (χ2v) is 7.11. The van der Waals surface area contributed by atoms with Crippen LogP contribution >= 0.6 is 0 Å². The number of aryl methyl sites for hydroxylation is 4. The van der Waals surface area contributed by atoms with E-state index in [2.05, 4.69) is 34.0 Å². The lowest BCUT2D eigenvalue weighted by molar-refractivity contribution is -0.132. The molecule has 0 bridgehead atoms. The average Bonchev–Trinajstić information content (AvgIpc) is 3.19. The predicted octanol–water partition coefficient (Wildman–Crippen LogP) is 2.99. The molecule has 0 unspecified atom stereocenters. The first-order chi connectivity index (χ1) is 12.0. The number of carbonyl (C=O) groups excluding carboxylic acids is 1. The summed E-state index contributed by atoms with van der Waals surface area (Å²) in [5.41, 5.74) is 4.71. The smallest absolute Gasteiger partial charge is 0.223 e. The number of hydrogen-bond acceptors (Lipinski definition) is 3. The zero-order valence-electron chi connectivity index (χ0n) is 15.5. The Hall–Kier alpha value is -2.17. The van der Waals surface area contributed by atoms with Crippen molar-refractivity contribution in [3.63, 3.8) is 0 Å². The van der Waals surface area contributed by atoms with Gasteiger partial charge in [0.15, 0.2) is 0 Å². The van der Waals surface area contributed by atoms with Crippen LogP contribution in [0.15, 0.2) is 24.5 Å². The Morgan fingerprint density at radius 1 is 1.32 bits per heavy atom. The summed E-state index contributed by atoms with van der Waals surface area (Å²) in [6.07, 6.45) is 9.43. The fraction of sp³-hybridized carbons (Fsp3) is 0.550. The number of pyridine rings is 1. The fourth-order valence-corrected chi connectivity index (χ4v) is 3.73. The van der Waals surface area contributed by atoms with Gasteiger partial charge in [-0.2, -0.15) is 5.10 Å². The van der Waals surface area contributed by atoms with Crippen molar-refractivity contribution in [1.82, 2.24) is 19.7 Å². The van der Waals surface area contributed by atoms with Crippen LogP contribution in [-0.4, -0.2) is 38.2 Å². The molecular weight excluding hydrogens is 312 g/mol. The molecule has 5 heteroatoms. The van der Waals surface area contributed by atoms with Gasteiger partial charge in [0.1, 0.15) is 0 Å². The summed E-state index contributed by atoms with van der Waals surface area (Å²) in [7, 11) is 1.94. The van der Waals surface area contributed by atoms with Crippen LogP contribution < -0.4 is 0 Å². The topological polar surface area (TPSA) is 51.0 Å². The van der Waals surface area contributed by atoms with E-state index in [0.29, 0.717) is 12.5 Å². The summed E-state index contributed by atoms with van der Waals surface area (Å²) in [5.74, 6) is 0.289. The molecule has 3 rings (SSSR count). The van der Waals surface area contributed by atoms with E-state index in [1.54, 1.807) is 0 Å². The Morgan fingerprint density at radius 3 is 2.88 bits per heavy atom. The molecule has 3 heterocycles. The number of carbonyl (C=O) groups is 1. The summed E-state index contributed by atoms with van der Waals surface area (Å²) in [6, 6.07) is 4.61. The van der Waals surface area contributed by atoms with E-state index in [1.165, 1.54) is 11.1 Å². The van der Waals surface area contributed by atoms with Gasteiger partial charge in [-0.15, -0.1) is 0 Å². The number of amides is 1. The van der Waals surface area contributed by atoms with Crippen LogP contribution in [0.25, 0.3) is 0 Å². The Bertz CT molecular complexity index is 737. The van der Waals surface area contributed by atoms with Gasteiger partial charge in [-0.05, 0) is 69.2 Å². The fourth-order valence-electron chi connectivity index (χ4n) is 3.73. The molecule has 2 aromatic rings. The minimum absolute atomic E-state index is 0.289. The number of hydrogen-bond donors (Lipinski definition) is 0. The van der Waals surface area contributed by atoms with Gasteiger partial charge in [-0.3, -0.25) is 14.5 Å². The number of aromatic nitrogens is 3. The van der Waals surface area contributed by atoms with Crippen LogP contribution in [0.3, 0.4) is 0 Å². The summed E-state index contributed by atoms with van der Waals surface area (Å²) in [4.78, 5) is 19.1. The minimum atomic E-state index is 0.289. The lowest BCUT2D eigenvalue weighted by atomic mass is 10.0. The van der Waals surface area contributed by atoms with E-state index in [-0.39, 0.29) is 5.91 Å². The molecule has 25 heavy (non-hydrogen) atoms. The summed E-state index contributed by atoms with van der Waals surface area (Å²) in [6.45, 7) is 4.99. The third-order valence-electron chi connectivity index (χ3n) is 5.37. The van der Waals surface area contributed by atoms with Gasteiger partial charge in [-0.1, -0.05) is 0 Å². The quantitative estimate of drug-likeness (QED) is 0.812. The third kappa shape index (κ3) is 4.27. The summed E-state index contributed by atoms with van der Waals surface area (Å²) < 4.78 is 1.87. The van der Waals surface area contributed by atoms with Crippen molar-refractivity contribution in [2.75, 3.05) is 6.54 Å². The van der Waals surface area contributed by atoms with Gasteiger partial charge < -0.3 is 4.90 Å². The van der Waals surface area contributed by atoms with Crippen molar-refractivity contribution in [2.24, 2.45) is 7.05 Å².